The Kier molecular flexibility index (Phi) is 2.34. The van der Waals surface area contributed by atoms with Gasteiger partial charge in [0.1, 0.15) is 0 Å². The zero-order valence-corrected chi connectivity index (χ0v) is 10.6. The van der Waals surface area contributed by atoms with Crippen LogP contribution in [0.4, 0.5) is 5.69 Å². The molecule has 0 saturated heterocycles. The number of nitrogens with one attached hydrogen (secondary N) is 1. The first kappa shape index (κ1) is 10.7. The van der Waals surface area contributed by atoms with Crippen molar-refractivity contribution in [1.29, 1.82) is 0 Å². The molecule has 4 rings (SSSR count). The summed E-state index contributed by atoms with van der Waals surface area (Å²) in [5, 5.41) is 1.28. The molecule has 1 radical (unpaired) electrons. The molecule has 93 valence electrons. The predicted molar refractivity (Wildman–Crippen MR) is 79.2 cm³/mol. The summed E-state index contributed by atoms with van der Waals surface area (Å²) in [6.45, 7) is 1.96. The number of aromatic nitrogens is 1. The monoisotopic (exact) mass is 247 g/mol. The van der Waals surface area contributed by atoms with Gasteiger partial charge in [-0.05, 0) is 34.7 Å². The van der Waals surface area contributed by atoms with Gasteiger partial charge in [-0.2, -0.15) is 0 Å². The van der Waals surface area contributed by atoms with Crippen LogP contribution in [0.3, 0.4) is 0 Å². The van der Waals surface area contributed by atoms with Crippen molar-refractivity contribution in [3.05, 3.63) is 72.3 Å². The number of rotatable bonds is 2. The second-order valence-electron chi connectivity index (χ2n) is 5.04. The third kappa shape index (κ3) is 1.80. The normalized spacial score (nSPS) is 14.0. The second-order valence-corrected chi connectivity index (χ2v) is 5.04. The van der Waals surface area contributed by atoms with Crippen molar-refractivity contribution in [2.24, 2.45) is 0 Å². The van der Waals surface area contributed by atoms with Crippen LogP contribution in [0.25, 0.3) is 10.9 Å². The average Bonchev–Trinajstić information content (AvgIpc) is 3.06. The van der Waals surface area contributed by atoms with E-state index in [4.69, 9.17) is 0 Å². The Balaban J connectivity index is 1.65. The van der Waals surface area contributed by atoms with E-state index >= 15 is 0 Å². The van der Waals surface area contributed by atoms with Gasteiger partial charge in [0.25, 0.3) is 0 Å². The summed E-state index contributed by atoms with van der Waals surface area (Å²) < 4.78 is 0. The summed E-state index contributed by atoms with van der Waals surface area (Å²) in [4.78, 5) is 5.69. The van der Waals surface area contributed by atoms with Gasteiger partial charge in [-0.1, -0.05) is 30.3 Å². The molecule has 0 saturated carbocycles. The van der Waals surface area contributed by atoms with Gasteiger partial charge in [0.05, 0.1) is 0 Å². The number of anilines is 1. The van der Waals surface area contributed by atoms with Crippen LogP contribution in [0.5, 0.6) is 0 Å². The number of aromatic amines is 1. The fourth-order valence-electron chi connectivity index (χ4n) is 2.82. The summed E-state index contributed by atoms with van der Waals surface area (Å²) in [5.41, 5.74) is 5.26. The Labute approximate surface area is 112 Å². The quantitative estimate of drug-likeness (QED) is 0.731. The second kappa shape index (κ2) is 4.16. The molecule has 0 atom stereocenters. The number of nitrogens with zero attached hydrogens (tertiary/aromatic N) is 1. The van der Waals surface area contributed by atoms with Gasteiger partial charge < -0.3 is 9.88 Å². The average molecular weight is 247 g/mol. The largest absolute Gasteiger partial charge is 0.366 e. The lowest BCUT2D eigenvalue weighted by molar-refractivity contribution is 0.882. The van der Waals surface area contributed by atoms with E-state index in [1.807, 2.05) is 6.20 Å². The highest BCUT2D eigenvalue weighted by Gasteiger charge is 2.18. The molecule has 3 aromatic rings. The fourth-order valence-corrected chi connectivity index (χ4v) is 2.82. The minimum absolute atomic E-state index is 0.961. The van der Waals surface area contributed by atoms with Gasteiger partial charge in [-0.15, -0.1) is 0 Å². The first-order valence-electron chi connectivity index (χ1n) is 6.63. The smallest absolute Gasteiger partial charge is 0.0457 e. The van der Waals surface area contributed by atoms with Crippen molar-refractivity contribution in [1.82, 2.24) is 4.98 Å². The van der Waals surface area contributed by atoms with E-state index in [0.29, 0.717) is 0 Å². The number of para-hydroxylation sites is 1. The molecule has 0 amide bonds. The Morgan fingerprint density at radius 1 is 1.05 bits per heavy atom. The summed E-state index contributed by atoms with van der Waals surface area (Å²) >= 11 is 0. The number of fused-ring (bicyclic) bond motifs is 2. The Morgan fingerprint density at radius 2 is 2.00 bits per heavy atom. The molecular formula is C17H15N2. The molecule has 0 aliphatic carbocycles. The van der Waals surface area contributed by atoms with Crippen LogP contribution in [-0.2, 0) is 6.54 Å². The van der Waals surface area contributed by atoms with E-state index in [-0.39, 0.29) is 0 Å². The van der Waals surface area contributed by atoms with Crippen LogP contribution in [-0.4, -0.2) is 11.5 Å². The molecule has 1 aliphatic heterocycles. The highest BCUT2D eigenvalue weighted by atomic mass is 15.1. The number of hydrogen-bond donors (Lipinski definition) is 1. The molecule has 0 spiro atoms. The van der Waals surface area contributed by atoms with E-state index < -0.39 is 0 Å². The van der Waals surface area contributed by atoms with Crippen molar-refractivity contribution in [2.45, 2.75) is 6.54 Å². The summed E-state index contributed by atoms with van der Waals surface area (Å²) in [7, 11) is 0. The molecule has 0 fully saturated rings. The van der Waals surface area contributed by atoms with Gasteiger partial charge >= 0.3 is 0 Å². The van der Waals surface area contributed by atoms with Crippen molar-refractivity contribution < 1.29 is 0 Å². The first-order chi connectivity index (χ1) is 9.40. The Bertz CT molecular complexity index is 727. The van der Waals surface area contributed by atoms with Crippen LogP contribution >= 0.6 is 0 Å². The maximum absolute atomic E-state index is 3.28. The topological polar surface area (TPSA) is 19.0 Å². The Hall–Kier alpha value is -2.22. The molecular weight excluding hydrogens is 232 g/mol. The summed E-state index contributed by atoms with van der Waals surface area (Å²) in [5.74, 6) is 0. The van der Waals surface area contributed by atoms with Crippen molar-refractivity contribution in [3.63, 3.8) is 0 Å². The highest BCUT2D eigenvalue weighted by Crippen LogP contribution is 2.30. The molecule has 2 nitrogen and oxygen atoms in total. The van der Waals surface area contributed by atoms with Gasteiger partial charge in [0.15, 0.2) is 0 Å². The predicted octanol–water partition coefficient (Wildman–Crippen LogP) is 3.74. The van der Waals surface area contributed by atoms with E-state index in [1.54, 1.807) is 0 Å². The third-order valence-corrected chi connectivity index (χ3v) is 3.80. The lowest BCUT2D eigenvalue weighted by atomic mass is 10.1. The number of benzene rings is 2. The van der Waals surface area contributed by atoms with Gasteiger partial charge in [0.2, 0.25) is 0 Å². The van der Waals surface area contributed by atoms with E-state index in [2.05, 4.69) is 64.8 Å². The molecule has 2 heterocycles. The molecule has 2 aromatic carbocycles. The first-order valence-corrected chi connectivity index (χ1v) is 6.63. The summed E-state index contributed by atoms with van der Waals surface area (Å²) in [6.07, 6.45) is 4.29. The van der Waals surface area contributed by atoms with E-state index in [9.17, 15) is 0 Å². The van der Waals surface area contributed by atoms with Crippen molar-refractivity contribution in [3.8, 4) is 0 Å². The Morgan fingerprint density at radius 3 is 3.00 bits per heavy atom. The lowest BCUT2D eigenvalue weighted by Crippen LogP contribution is -2.19. The van der Waals surface area contributed by atoms with Crippen LogP contribution in [0, 0.1) is 6.42 Å². The molecule has 0 unspecified atom stereocenters. The molecule has 1 aromatic heterocycles. The SMILES string of the molecule is [CH]1CN(Cc2ccc3cc[nH]c3c2)c2ccccc21. The van der Waals surface area contributed by atoms with Crippen LogP contribution in [0.1, 0.15) is 11.1 Å². The van der Waals surface area contributed by atoms with Crippen LogP contribution in [0.2, 0.25) is 0 Å². The molecule has 1 N–H and O–H groups in total. The zero-order chi connectivity index (χ0) is 12.7. The van der Waals surface area contributed by atoms with Gasteiger partial charge in [-0.3, -0.25) is 0 Å². The number of hydrogen-bond acceptors (Lipinski definition) is 1. The standard InChI is InChI=1S/C17H15N2/c1-2-4-17-15(3-1)8-10-19(17)12-13-5-6-14-7-9-18-16(14)11-13/h1-9,11,18H,10,12H2. The van der Waals surface area contributed by atoms with E-state index in [1.165, 1.54) is 27.7 Å². The van der Waals surface area contributed by atoms with Crippen molar-refractivity contribution >= 4 is 16.6 Å². The maximum Gasteiger partial charge on any atom is 0.0457 e. The minimum atomic E-state index is 0.961. The van der Waals surface area contributed by atoms with Crippen LogP contribution < -0.4 is 4.90 Å². The molecule has 0 bridgehead atoms. The number of H-pyrrole nitrogens is 1. The molecule has 1 aliphatic rings. The molecule has 19 heavy (non-hydrogen) atoms. The fraction of sp³-hybridized carbons (Fsp3) is 0.118. The third-order valence-electron chi connectivity index (χ3n) is 3.80. The van der Waals surface area contributed by atoms with Crippen molar-refractivity contribution in [2.75, 3.05) is 11.4 Å². The van der Waals surface area contributed by atoms with Gasteiger partial charge in [0, 0.05) is 36.9 Å². The summed E-state index contributed by atoms with van der Waals surface area (Å²) in [6, 6.07) is 17.4. The highest BCUT2D eigenvalue weighted by molar-refractivity contribution is 5.80. The molecule has 2 heteroatoms. The zero-order valence-electron chi connectivity index (χ0n) is 10.6. The minimum Gasteiger partial charge on any atom is -0.366 e. The van der Waals surface area contributed by atoms with Crippen LogP contribution in [0.15, 0.2) is 54.7 Å². The lowest BCUT2D eigenvalue weighted by Gasteiger charge is -2.19. The van der Waals surface area contributed by atoms with E-state index in [0.717, 1.165) is 13.1 Å². The van der Waals surface area contributed by atoms with Gasteiger partial charge in [-0.25, -0.2) is 0 Å². The maximum atomic E-state index is 3.28.